The zero-order valence-electron chi connectivity index (χ0n) is 12.6. The fraction of sp³-hybridized carbons (Fsp3) is 0.562. The molecule has 0 aromatic heterocycles. The van der Waals surface area contributed by atoms with Gasteiger partial charge in [-0.15, -0.1) is 0 Å². The van der Waals surface area contributed by atoms with Crippen LogP contribution in [0.2, 0.25) is 0 Å². The highest BCUT2D eigenvalue weighted by atomic mass is 16.5. The number of nitrogens with zero attached hydrogens (tertiary/aromatic N) is 1. The highest BCUT2D eigenvalue weighted by Gasteiger charge is 2.17. The molecule has 0 radical (unpaired) electrons. The van der Waals surface area contributed by atoms with Crippen LogP contribution in [0.3, 0.4) is 0 Å². The number of carbonyl (C=O) groups excluding carboxylic acids is 1. The lowest BCUT2D eigenvalue weighted by atomic mass is 10.1. The van der Waals surface area contributed by atoms with Crippen LogP contribution in [0, 0.1) is 6.92 Å². The van der Waals surface area contributed by atoms with Crippen molar-refractivity contribution in [1.82, 2.24) is 5.32 Å². The molecule has 4 heteroatoms. The van der Waals surface area contributed by atoms with Crippen molar-refractivity contribution in [3.8, 4) is 0 Å². The summed E-state index contributed by atoms with van der Waals surface area (Å²) in [6.45, 7) is 9.66. The second-order valence-electron chi connectivity index (χ2n) is 5.40. The maximum atomic E-state index is 11.5. The summed E-state index contributed by atoms with van der Waals surface area (Å²) in [5.41, 5.74) is 3.51. The summed E-state index contributed by atoms with van der Waals surface area (Å²) < 4.78 is 4.99. The third-order valence-corrected chi connectivity index (χ3v) is 3.62. The van der Waals surface area contributed by atoms with Crippen LogP contribution >= 0.6 is 0 Å². The standard InChI is InChI=1S/C16H24N2O2/c1-4-20-16(19)10-14-5-6-15(12(2)9-14)18-8-7-17-13(3)11-18/h5-6,9,13,17H,4,7-8,10-11H2,1-3H3. The second-order valence-corrected chi connectivity index (χ2v) is 5.40. The van der Waals surface area contributed by atoms with E-state index in [1.54, 1.807) is 0 Å². The van der Waals surface area contributed by atoms with Crippen molar-refractivity contribution in [1.29, 1.82) is 0 Å². The molecule has 0 spiro atoms. The Kier molecular flexibility index (Phi) is 5.01. The molecule has 0 aliphatic carbocycles. The first-order valence-corrected chi connectivity index (χ1v) is 7.33. The predicted molar refractivity (Wildman–Crippen MR) is 81.2 cm³/mol. The maximum absolute atomic E-state index is 11.5. The normalized spacial score (nSPS) is 18.9. The number of hydrogen-bond acceptors (Lipinski definition) is 4. The van der Waals surface area contributed by atoms with Gasteiger partial charge in [0, 0.05) is 31.4 Å². The van der Waals surface area contributed by atoms with Gasteiger partial charge in [0.2, 0.25) is 0 Å². The highest BCUT2D eigenvalue weighted by Crippen LogP contribution is 2.22. The van der Waals surface area contributed by atoms with Gasteiger partial charge in [-0.1, -0.05) is 12.1 Å². The van der Waals surface area contributed by atoms with E-state index in [1.807, 2.05) is 13.0 Å². The number of esters is 1. The Morgan fingerprint density at radius 2 is 2.30 bits per heavy atom. The van der Waals surface area contributed by atoms with E-state index in [-0.39, 0.29) is 5.97 Å². The molecular weight excluding hydrogens is 252 g/mol. The third-order valence-electron chi connectivity index (χ3n) is 3.62. The zero-order chi connectivity index (χ0) is 14.5. The molecule has 1 aromatic rings. The molecule has 1 heterocycles. The largest absolute Gasteiger partial charge is 0.466 e. The molecule has 1 saturated heterocycles. The molecule has 1 unspecified atom stereocenters. The number of rotatable bonds is 4. The van der Waals surface area contributed by atoms with Crippen LogP contribution in [-0.2, 0) is 16.0 Å². The van der Waals surface area contributed by atoms with E-state index >= 15 is 0 Å². The first-order valence-electron chi connectivity index (χ1n) is 7.33. The fourth-order valence-corrected chi connectivity index (χ4v) is 2.71. The van der Waals surface area contributed by atoms with Crippen LogP contribution in [0.1, 0.15) is 25.0 Å². The lowest BCUT2D eigenvalue weighted by Crippen LogP contribution is -2.49. The Labute approximate surface area is 121 Å². The van der Waals surface area contributed by atoms with Gasteiger partial charge in [0.15, 0.2) is 0 Å². The minimum Gasteiger partial charge on any atom is -0.466 e. The minimum atomic E-state index is -0.157. The van der Waals surface area contributed by atoms with Gasteiger partial charge < -0.3 is 15.0 Å². The number of anilines is 1. The Morgan fingerprint density at radius 1 is 1.50 bits per heavy atom. The summed E-state index contributed by atoms with van der Waals surface area (Å²) in [5.74, 6) is -0.157. The molecular formula is C16H24N2O2. The summed E-state index contributed by atoms with van der Waals surface area (Å²) in [5, 5.41) is 3.45. The highest BCUT2D eigenvalue weighted by molar-refractivity contribution is 5.73. The van der Waals surface area contributed by atoms with E-state index in [0.717, 1.165) is 25.2 Å². The third kappa shape index (κ3) is 3.73. The topological polar surface area (TPSA) is 41.6 Å². The number of ether oxygens (including phenoxy) is 1. The van der Waals surface area contributed by atoms with Gasteiger partial charge in [-0.3, -0.25) is 4.79 Å². The number of carbonyl (C=O) groups is 1. The van der Waals surface area contributed by atoms with Gasteiger partial charge in [0.25, 0.3) is 0 Å². The van der Waals surface area contributed by atoms with Crippen LogP contribution in [0.25, 0.3) is 0 Å². The van der Waals surface area contributed by atoms with Crippen molar-refractivity contribution in [2.75, 3.05) is 31.1 Å². The second kappa shape index (κ2) is 6.75. The molecule has 1 fully saturated rings. The smallest absolute Gasteiger partial charge is 0.310 e. The van der Waals surface area contributed by atoms with E-state index in [9.17, 15) is 4.79 Å². The quantitative estimate of drug-likeness (QED) is 0.853. The van der Waals surface area contributed by atoms with E-state index in [2.05, 4.69) is 36.2 Å². The minimum absolute atomic E-state index is 0.157. The van der Waals surface area contributed by atoms with Gasteiger partial charge in [0.05, 0.1) is 13.0 Å². The molecule has 1 aliphatic heterocycles. The molecule has 1 atom stereocenters. The lowest BCUT2D eigenvalue weighted by molar-refractivity contribution is -0.142. The van der Waals surface area contributed by atoms with Crippen molar-refractivity contribution in [2.24, 2.45) is 0 Å². The molecule has 4 nitrogen and oxygen atoms in total. The zero-order valence-corrected chi connectivity index (χ0v) is 12.6. The SMILES string of the molecule is CCOC(=O)Cc1ccc(N2CCNC(C)C2)c(C)c1. The van der Waals surface area contributed by atoms with Crippen LogP contribution in [0.15, 0.2) is 18.2 Å². The first-order chi connectivity index (χ1) is 9.60. The molecule has 1 N–H and O–H groups in total. The van der Waals surface area contributed by atoms with Crippen LogP contribution < -0.4 is 10.2 Å². The molecule has 1 aliphatic rings. The van der Waals surface area contributed by atoms with Gasteiger partial charge >= 0.3 is 5.97 Å². The average Bonchev–Trinajstić information content (AvgIpc) is 2.39. The van der Waals surface area contributed by atoms with E-state index < -0.39 is 0 Å². The molecule has 0 bridgehead atoms. The van der Waals surface area contributed by atoms with Crippen molar-refractivity contribution in [2.45, 2.75) is 33.2 Å². The Morgan fingerprint density at radius 3 is 2.95 bits per heavy atom. The predicted octanol–water partition coefficient (Wildman–Crippen LogP) is 1.90. The Hall–Kier alpha value is -1.55. The Bertz CT molecular complexity index is 474. The first kappa shape index (κ1) is 14.9. The van der Waals surface area contributed by atoms with Gasteiger partial charge in [-0.05, 0) is 38.0 Å². The summed E-state index contributed by atoms with van der Waals surface area (Å²) >= 11 is 0. The molecule has 0 amide bonds. The number of piperazine rings is 1. The van der Waals surface area contributed by atoms with Gasteiger partial charge in [-0.25, -0.2) is 0 Å². The summed E-state index contributed by atoms with van der Waals surface area (Å²) in [6, 6.07) is 6.77. The van der Waals surface area contributed by atoms with Crippen molar-refractivity contribution in [3.05, 3.63) is 29.3 Å². The van der Waals surface area contributed by atoms with Crippen LogP contribution in [0.4, 0.5) is 5.69 Å². The molecule has 20 heavy (non-hydrogen) atoms. The fourth-order valence-electron chi connectivity index (χ4n) is 2.71. The van der Waals surface area contributed by atoms with E-state index in [4.69, 9.17) is 4.74 Å². The van der Waals surface area contributed by atoms with Gasteiger partial charge in [-0.2, -0.15) is 0 Å². The van der Waals surface area contributed by atoms with E-state index in [0.29, 0.717) is 19.1 Å². The molecule has 0 saturated carbocycles. The molecule has 110 valence electrons. The van der Waals surface area contributed by atoms with Crippen molar-refractivity contribution < 1.29 is 9.53 Å². The summed E-state index contributed by atoms with van der Waals surface area (Å²) in [4.78, 5) is 13.9. The van der Waals surface area contributed by atoms with Crippen molar-refractivity contribution >= 4 is 11.7 Å². The number of benzene rings is 1. The number of nitrogens with one attached hydrogen (secondary N) is 1. The van der Waals surface area contributed by atoms with E-state index in [1.165, 1.54) is 11.3 Å². The Balaban J connectivity index is 2.07. The van der Waals surface area contributed by atoms with Gasteiger partial charge in [0.1, 0.15) is 0 Å². The molecule has 1 aromatic carbocycles. The molecule has 2 rings (SSSR count). The number of hydrogen-bond donors (Lipinski definition) is 1. The van der Waals surface area contributed by atoms with Crippen molar-refractivity contribution in [3.63, 3.8) is 0 Å². The van der Waals surface area contributed by atoms with Crippen LogP contribution in [0.5, 0.6) is 0 Å². The number of aryl methyl sites for hydroxylation is 1. The maximum Gasteiger partial charge on any atom is 0.310 e. The lowest BCUT2D eigenvalue weighted by Gasteiger charge is -2.34. The van der Waals surface area contributed by atoms with Crippen LogP contribution in [-0.4, -0.2) is 38.3 Å². The summed E-state index contributed by atoms with van der Waals surface area (Å²) in [7, 11) is 0. The monoisotopic (exact) mass is 276 g/mol. The summed E-state index contributed by atoms with van der Waals surface area (Å²) in [6.07, 6.45) is 0.354. The average molecular weight is 276 g/mol.